The van der Waals surface area contributed by atoms with Crippen LogP contribution in [0.4, 0.5) is 15.9 Å². The average Bonchev–Trinajstić information content (AvgIpc) is 2.81. The summed E-state index contributed by atoms with van der Waals surface area (Å²) in [4.78, 5) is 13.0. The van der Waals surface area contributed by atoms with Gasteiger partial charge in [0.1, 0.15) is 17.9 Å². The van der Waals surface area contributed by atoms with Gasteiger partial charge >= 0.3 is 0 Å². The molecule has 0 saturated carbocycles. The number of nitrogens with zero attached hydrogens (tertiary/aromatic N) is 3. The standard InChI is InChI=1S/C24H22BrFN4O2/c1-14(15-6-9-31-10-7-15)32-21-12-16(25)11-20-22(21)24(29-13-28-20)30-19-5-4-18-17(23(19)26)3-2-8-27-18/h2-5,8,11-15H,6-7,9-10H2,1H3,(H,28,29,30). The molecular weight excluding hydrogens is 475 g/mol. The van der Waals surface area contributed by atoms with E-state index in [1.54, 1.807) is 30.5 Å². The topological polar surface area (TPSA) is 69.2 Å². The van der Waals surface area contributed by atoms with Crippen LogP contribution in [0.25, 0.3) is 21.8 Å². The molecule has 32 heavy (non-hydrogen) atoms. The Morgan fingerprint density at radius 2 is 1.97 bits per heavy atom. The minimum absolute atomic E-state index is 0.00654. The molecule has 2 aromatic heterocycles. The third-order valence-electron chi connectivity index (χ3n) is 5.88. The zero-order chi connectivity index (χ0) is 22.1. The maximum atomic E-state index is 15.2. The second-order valence-electron chi connectivity index (χ2n) is 7.92. The van der Waals surface area contributed by atoms with E-state index in [9.17, 15) is 0 Å². The highest BCUT2D eigenvalue weighted by molar-refractivity contribution is 9.10. The summed E-state index contributed by atoms with van der Waals surface area (Å²) in [5.41, 5.74) is 1.62. The van der Waals surface area contributed by atoms with Gasteiger partial charge in [0.15, 0.2) is 5.82 Å². The molecule has 1 N–H and O–H groups in total. The minimum atomic E-state index is -0.377. The summed E-state index contributed by atoms with van der Waals surface area (Å²) in [5.74, 6) is 1.17. The Morgan fingerprint density at radius 3 is 2.81 bits per heavy atom. The van der Waals surface area contributed by atoms with Crippen molar-refractivity contribution in [2.75, 3.05) is 18.5 Å². The van der Waals surface area contributed by atoms with Gasteiger partial charge < -0.3 is 14.8 Å². The van der Waals surface area contributed by atoms with Crippen LogP contribution < -0.4 is 10.1 Å². The zero-order valence-corrected chi connectivity index (χ0v) is 19.1. The number of aromatic nitrogens is 3. The molecule has 1 saturated heterocycles. The van der Waals surface area contributed by atoms with Crippen molar-refractivity contribution in [1.82, 2.24) is 15.0 Å². The predicted octanol–water partition coefficient (Wildman–Crippen LogP) is 6.02. The smallest absolute Gasteiger partial charge is 0.156 e. The summed E-state index contributed by atoms with van der Waals surface area (Å²) < 4.78 is 27.9. The van der Waals surface area contributed by atoms with E-state index >= 15 is 4.39 Å². The normalized spacial score (nSPS) is 15.7. The highest BCUT2D eigenvalue weighted by Gasteiger charge is 2.24. The van der Waals surface area contributed by atoms with Crippen molar-refractivity contribution in [3.8, 4) is 5.75 Å². The number of pyridine rings is 1. The van der Waals surface area contributed by atoms with Crippen LogP contribution in [0.5, 0.6) is 5.75 Å². The molecule has 1 aliphatic heterocycles. The molecule has 8 heteroatoms. The van der Waals surface area contributed by atoms with Crippen molar-refractivity contribution < 1.29 is 13.9 Å². The van der Waals surface area contributed by atoms with Crippen LogP contribution >= 0.6 is 15.9 Å². The largest absolute Gasteiger partial charge is 0.490 e. The Hall–Kier alpha value is -2.84. The van der Waals surface area contributed by atoms with Crippen molar-refractivity contribution in [3.63, 3.8) is 0 Å². The molecule has 0 amide bonds. The van der Waals surface area contributed by atoms with E-state index in [-0.39, 0.29) is 11.9 Å². The first-order valence-electron chi connectivity index (χ1n) is 10.6. The highest BCUT2D eigenvalue weighted by atomic mass is 79.9. The van der Waals surface area contributed by atoms with Gasteiger partial charge in [0.05, 0.1) is 28.2 Å². The molecule has 0 aliphatic carbocycles. The van der Waals surface area contributed by atoms with Crippen LogP contribution in [0, 0.1) is 11.7 Å². The number of rotatable bonds is 5. The first-order valence-corrected chi connectivity index (χ1v) is 11.4. The summed E-state index contributed by atoms with van der Waals surface area (Å²) in [6.45, 7) is 3.59. The molecule has 2 aromatic carbocycles. The van der Waals surface area contributed by atoms with Crippen LogP contribution in [0.15, 0.2) is 53.4 Å². The second-order valence-corrected chi connectivity index (χ2v) is 8.83. The van der Waals surface area contributed by atoms with Gasteiger partial charge in [0.25, 0.3) is 0 Å². The maximum Gasteiger partial charge on any atom is 0.156 e. The Balaban J connectivity index is 1.54. The van der Waals surface area contributed by atoms with Crippen LogP contribution in [0.1, 0.15) is 19.8 Å². The number of halogens is 2. The number of ether oxygens (including phenoxy) is 2. The third-order valence-corrected chi connectivity index (χ3v) is 6.34. The highest BCUT2D eigenvalue weighted by Crippen LogP contribution is 2.37. The Labute approximate surface area is 193 Å². The first-order chi connectivity index (χ1) is 15.6. The zero-order valence-electron chi connectivity index (χ0n) is 17.5. The molecule has 1 unspecified atom stereocenters. The van der Waals surface area contributed by atoms with Crippen LogP contribution in [-0.4, -0.2) is 34.3 Å². The van der Waals surface area contributed by atoms with Gasteiger partial charge in [-0.05, 0) is 62.1 Å². The van der Waals surface area contributed by atoms with E-state index in [1.807, 2.05) is 12.1 Å². The summed E-state index contributed by atoms with van der Waals surface area (Å²) in [5, 5.41) is 4.31. The molecule has 0 bridgehead atoms. The number of fused-ring (bicyclic) bond motifs is 2. The van der Waals surface area contributed by atoms with Crippen molar-refractivity contribution in [3.05, 3.63) is 59.2 Å². The molecule has 1 fully saturated rings. The molecule has 164 valence electrons. The summed E-state index contributed by atoms with van der Waals surface area (Å²) in [6, 6.07) is 10.7. The fraction of sp³-hybridized carbons (Fsp3) is 0.292. The number of hydrogen-bond donors (Lipinski definition) is 1. The molecule has 0 spiro atoms. The number of anilines is 2. The Bertz CT molecular complexity index is 1280. The van der Waals surface area contributed by atoms with Crippen molar-refractivity contribution in [1.29, 1.82) is 0 Å². The molecule has 1 atom stereocenters. The second kappa shape index (κ2) is 8.96. The maximum absolute atomic E-state index is 15.2. The quantitative estimate of drug-likeness (QED) is 0.364. The monoisotopic (exact) mass is 496 g/mol. The van der Waals surface area contributed by atoms with Crippen LogP contribution in [0.2, 0.25) is 0 Å². The van der Waals surface area contributed by atoms with E-state index in [2.05, 4.69) is 43.1 Å². The van der Waals surface area contributed by atoms with Crippen molar-refractivity contribution in [2.45, 2.75) is 25.9 Å². The van der Waals surface area contributed by atoms with Crippen molar-refractivity contribution in [2.24, 2.45) is 5.92 Å². The van der Waals surface area contributed by atoms with Crippen LogP contribution in [0.3, 0.4) is 0 Å². The molecule has 0 radical (unpaired) electrons. The van der Waals surface area contributed by atoms with Gasteiger partial charge in [-0.15, -0.1) is 0 Å². The molecule has 5 rings (SSSR count). The number of nitrogens with one attached hydrogen (secondary N) is 1. The van der Waals surface area contributed by atoms with Gasteiger partial charge in [-0.25, -0.2) is 14.4 Å². The average molecular weight is 497 g/mol. The summed E-state index contributed by atoms with van der Waals surface area (Å²) in [6.07, 6.45) is 5.03. The van der Waals surface area contributed by atoms with E-state index in [0.29, 0.717) is 45.0 Å². The van der Waals surface area contributed by atoms with E-state index in [4.69, 9.17) is 9.47 Å². The summed E-state index contributed by atoms with van der Waals surface area (Å²) >= 11 is 3.55. The molecule has 4 aromatic rings. The molecule has 1 aliphatic rings. The minimum Gasteiger partial charge on any atom is -0.490 e. The first kappa shape index (κ1) is 21.0. The van der Waals surface area contributed by atoms with Crippen molar-refractivity contribution >= 4 is 49.2 Å². The SMILES string of the molecule is CC(Oc1cc(Br)cc2ncnc(Nc3ccc4ncccc4c3F)c12)C1CCOCC1. The van der Waals surface area contributed by atoms with Crippen LogP contribution in [-0.2, 0) is 4.74 Å². The van der Waals surface area contributed by atoms with Gasteiger partial charge in [-0.2, -0.15) is 0 Å². The third kappa shape index (κ3) is 4.12. The number of benzene rings is 2. The van der Waals surface area contributed by atoms with E-state index < -0.39 is 0 Å². The van der Waals surface area contributed by atoms with Gasteiger partial charge in [0.2, 0.25) is 0 Å². The van der Waals surface area contributed by atoms with E-state index in [1.165, 1.54) is 6.33 Å². The fourth-order valence-corrected chi connectivity index (χ4v) is 4.56. The molecule has 3 heterocycles. The molecule has 6 nitrogen and oxygen atoms in total. The predicted molar refractivity (Wildman–Crippen MR) is 126 cm³/mol. The Kier molecular flexibility index (Phi) is 5.89. The number of hydrogen-bond acceptors (Lipinski definition) is 6. The lowest BCUT2D eigenvalue weighted by molar-refractivity contribution is 0.0243. The lowest BCUT2D eigenvalue weighted by atomic mass is 9.95. The lowest BCUT2D eigenvalue weighted by Crippen LogP contribution is -2.29. The van der Waals surface area contributed by atoms with E-state index in [0.717, 1.165) is 30.5 Å². The summed E-state index contributed by atoms with van der Waals surface area (Å²) in [7, 11) is 0. The van der Waals surface area contributed by atoms with Gasteiger partial charge in [-0.3, -0.25) is 4.98 Å². The fourth-order valence-electron chi connectivity index (χ4n) is 4.13. The lowest BCUT2D eigenvalue weighted by Gasteiger charge is -2.28. The Morgan fingerprint density at radius 1 is 1.12 bits per heavy atom. The van der Waals surface area contributed by atoms with Gasteiger partial charge in [0, 0.05) is 29.3 Å². The molecular formula is C24H22BrFN4O2. The van der Waals surface area contributed by atoms with Gasteiger partial charge in [-0.1, -0.05) is 15.9 Å².